The summed E-state index contributed by atoms with van der Waals surface area (Å²) in [6.07, 6.45) is 32.4. The van der Waals surface area contributed by atoms with E-state index in [4.69, 9.17) is 14.2 Å². The van der Waals surface area contributed by atoms with Gasteiger partial charge in [-0.2, -0.15) is 0 Å². The first kappa shape index (κ1) is 45.4. The van der Waals surface area contributed by atoms with Crippen molar-refractivity contribution in [3.05, 3.63) is 0 Å². The van der Waals surface area contributed by atoms with Gasteiger partial charge in [0.15, 0.2) is 6.10 Å². The molecule has 6 nitrogen and oxygen atoms in total. The van der Waals surface area contributed by atoms with E-state index in [0.717, 1.165) is 63.7 Å². The first-order chi connectivity index (χ1) is 22.9. The molecule has 6 heteroatoms. The average Bonchev–Trinajstić information content (AvgIpc) is 3.05. The van der Waals surface area contributed by atoms with E-state index in [9.17, 15) is 14.4 Å². The quantitative estimate of drug-likeness (QED) is 0.0376. The largest absolute Gasteiger partial charge is 0.462 e. The fraction of sp³-hybridized carbons (Fsp3) is 0.927. The SMILES string of the molecule is CCCCCCCCCCCCC(=O)OC[C@@H](COC(=O)CCCCCCCCCCCC(C)C)OC(=O)CCCCCCCCC. The van der Waals surface area contributed by atoms with Crippen LogP contribution < -0.4 is 0 Å². The molecule has 0 aromatic carbocycles. The average molecular weight is 667 g/mol. The van der Waals surface area contributed by atoms with Crippen molar-refractivity contribution >= 4 is 17.9 Å². The highest BCUT2D eigenvalue weighted by Gasteiger charge is 2.19. The summed E-state index contributed by atoms with van der Waals surface area (Å²) in [4.78, 5) is 37.4. The first-order valence-electron chi connectivity index (χ1n) is 20.4. The second kappa shape index (κ2) is 35.7. The molecule has 0 aromatic heterocycles. The zero-order valence-corrected chi connectivity index (χ0v) is 31.7. The van der Waals surface area contributed by atoms with Gasteiger partial charge in [-0.15, -0.1) is 0 Å². The van der Waals surface area contributed by atoms with Gasteiger partial charge in [0.05, 0.1) is 0 Å². The molecule has 0 aliphatic rings. The molecule has 0 spiro atoms. The Morgan fingerprint density at radius 3 is 1.04 bits per heavy atom. The van der Waals surface area contributed by atoms with Gasteiger partial charge >= 0.3 is 17.9 Å². The Labute approximate surface area is 291 Å². The molecule has 0 amide bonds. The van der Waals surface area contributed by atoms with Crippen molar-refractivity contribution in [1.82, 2.24) is 0 Å². The second-order valence-corrected chi connectivity index (χ2v) is 14.4. The Morgan fingerprint density at radius 2 is 0.702 bits per heavy atom. The molecule has 0 saturated heterocycles. The number of rotatable bonds is 36. The predicted octanol–water partition coefficient (Wildman–Crippen LogP) is 12.4. The van der Waals surface area contributed by atoms with Gasteiger partial charge in [-0.25, -0.2) is 0 Å². The maximum absolute atomic E-state index is 12.5. The summed E-state index contributed by atoms with van der Waals surface area (Å²) in [6.45, 7) is 8.90. The molecule has 0 aromatic rings. The number of hydrogen-bond acceptors (Lipinski definition) is 6. The van der Waals surface area contributed by atoms with Gasteiger partial charge in [-0.3, -0.25) is 14.4 Å². The number of ether oxygens (including phenoxy) is 3. The van der Waals surface area contributed by atoms with Gasteiger partial charge in [-0.1, -0.05) is 182 Å². The van der Waals surface area contributed by atoms with Crippen LogP contribution >= 0.6 is 0 Å². The van der Waals surface area contributed by atoms with Crippen molar-refractivity contribution in [2.24, 2.45) is 5.92 Å². The highest BCUT2D eigenvalue weighted by Crippen LogP contribution is 2.15. The molecular weight excluding hydrogens is 588 g/mol. The van der Waals surface area contributed by atoms with E-state index in [2.05, 4.69) is 27.7 Å². The number of unbranched alkanes of at least 4 members (excludes halogenated alkanes) is 23. The molecule has 0 fully saturated rings. The maximum atomic E-state index is 12.5. The lowest BCUT2D eigenvalue weighted by Gasteiger charge is -2.18. The van der Waals surface area contributed by atoms with E-state index >= 15 is 0 Å². The van der Waals surface area contributed by atoms with Gasteiger partial charge in [0.2, 0.25) is 0 Å². The third kappa shape index (κ3) is 35.5. The van der Waals surface area contributed by atoms with Crippen molar-refractivity contribution in [2.45, 2.75) is 226 Å². The predicted molar refractivity (Wildman–Crippen MR) is 196 cm³/mol. The fourth-order valence-corrected chi connectivity index (χ4v) is 5.92. The molecule has 0 rings (SSSR count). The van der Waals surface area contributed by atoms with Crippen LogP contribution in [0, 0.1) is 5.92 Å². The van der Waals surface area contributed by atoms with Crippen LogP contribution in [0.4, 0.5) is 0 Å². The lowest BCUT2D eigenvalue weighted by Crippen LogP contribution is -2.30. The molecule has 0 aliphatic heterocycles. The molecule has 0 aliphatic carbocycles. The van der Waals surface area contributed by atoms with E-state index in [1.165, 1.54) is 116 Å². The molecule has 0 unspecified atom stereocenters. The van der Waals surface area contributed by atoms with Crippen LogP contribution in [0.5, 0.6) is 0 Å². The van der Waals surface area contributed by atoms with Crippen LogP contribution in [-0.2, 0) is 28.6 Å². The Kier molecular flexibility index (Phi) is 34.5. The Hall–Kier alpha value is -1.59. The lowest BCUT2D eigenvalue weighted by molar-refractivity contribution is -0.167. The third-order valence-electron chi connectivity index (χ3n) is 9.04. The topological polar surface area (TPSA) is 78.9 Å². The number of carbonyl (C=O) groups excluding carboxylic acids is 3. The van der Waals surface area contributed by atoms with Crippen LogP contribution in [0.1, 0.15) is 220 Å². The lowest BCUT2D eigenvalue weighted by atomic mass is 10.0. The summed E-state index contributed by atoms with van der Waals surface area (Å²) >= 11 is 0. The first-order valence-corrected chi connectivity index (χ1v) is 20.4. The summed E-state index contributed by atoms with van der Waals surface area (Å²) in [6, 6.07) is 0. The maximum Gasteiger partial charge on any atom is 0.306 e. The Balaban J connectivity index is 4.29. The van der Waals surface area contributed by atoms with E-state index in [1.54, 1.807) is 0 Å². The molecule has 0 bridgehead atoms. The molecule has 1 atom stereocenters. The van der Waals surface area contributed by atoms with Gasteiger partial charge in [0.25, 0.3) is 0 Å². The van der Waals surface area contributed by atoms with Crippen molar-refractivity contribution < 1.29 is 28.6 Å². The highest BCUT2D eigenvalue weighted by atomic mass is 16.6. The van der Waals surface area contributed by atoms with E-state index in [-0.39, 0.29) is 31.1 Å². The van der Waals surface area contributed by atoms with Crippen LogP contribution in [-0.4, -0.2) is 37.2 Å². The summed E-state index contributed by atoms with van der Waals surface area (Å²) < 4.78 is 16.6. The Bertz CT molecular complexity index is 706. The third-order valence-corrected chi connectivity index (χ3v) is 9.04. The van der Waals surface area contributed by atoms with Crippen molar-refractivity contribution in [3.8, 4) is 0 Å². The molecule has 278 valence electrons. The molecule has 0 saturated carbocycles. The molecule has 0 radical (unpaired) electrons. The Morgan fingerprint density at radius 1 is 0.404 bits per heavy atom. The van der Waals surface area contributed by atoms with Crippen LogP contribution in [0.15, 0.2) is 0 Å². The van der Waals surface area contributed by atoms with Crippen molar-refractivity contribution in [2.75, 3.05) is 13.2 Å². The van der Waals surface area contributed by atoms with Crippen LogP contribution in [0.25, 0.3) is 0 Å². The molecule has 0 N–H and O–H groups in total. The summed E-state index contributed by atoms with van der Waals surface area (Å²) in [5.41, 5.74) is 0. The minimum Gasteiger partial charge on any atom is -0.462 e. The molecule has 0 heterocycles. The number of hydrogen-bond donors (Lipinski definition) is 0. The molecule has 47 heavy (non-hydrogen) atoms. The normalized spacial score (nSPS) is 11.9. The van der Waals surface area contributed by atoms with E-state index in [1.807, 2.05) is 0 Å². The highest BCUT2D eigenvalue weighted by molar-refractivity contribution is 5.71. The summed E-state index contributed by atoms with van der Waals surface area (Å²) in [5.74, 6) is -0.0614. The summed E-state index contributed by atoms with van der Waals surface area (Å²) in [5, 5.41) is 0. The van der Waals surface area contributed by atoms with Gasteiger partial charge in [-0.05, 0) is 25.2 Å². The summed E-state index contributed by atoms with van der Waals surface area (Å²) in [7, 11) is 0. The van der Waals surface area contributed by atoms with E-state index < -0.39 is 6.10 Å². The molecular formula is C41H78O6. The minimum absolute atomic E-state index is 0.0654. The monoisotopic (exact) mass is 667 g/mol. The van der Waals surface area contributed by atoms with Crippen molar-refractivity contribution in [1.29, 1.82) is 0 Å². The van der Waals surface area contributed by atoms with Gasteiger partial charge < -0.3 is 14.2 Å². The fourth-order valence-electron chi connectivity index (χ4n) is 5.92. The van der Waals surface area contributed by atoms with Gasteiger partial charge in [0, 0.05) is 19.3 Å². The second-order valence-electron chi connectivity index (χ2n) is 14.4. The van der Waals surface area contributed by atoms with E-state index in [0.29, 0.717) is 19.3 Å². The number of carbonyl (C=O) groups is 3. The minimum atomic E-state index is -0.756. The number of esters is 3. The van der Waals surface area contributed by atoms with Crippen LogP contribution in [0.3, 0.4) is 0 Å². The zero-order valence-electron chi connectivity index (χ0n) is 31.7. The smallest absolute Gasteiger partial charge is 0.306 e. The van der Waals surface area contributed by atoms with Crippen LogP contribution in [0.2, 0.25) is 0 Å². The van der Waals surface area contributed by atoms with Crippen molar-refractivity contribution in [3.63, 3.8) is 0 Å². The van der Waals surface area contributed by atoms with Gasteiger partial charge in [0.1, 0.15) is 13.2 Å². The zero-order chi connectivity index (χ0) is 34.6. The standard InChI is InChI=1S/C41H78O6/c1-5-7-9-11-13-14-17-21-24-28-32-39(42)45-35-38(47-41(44)34-30-26-19-12-10-8-6-2)36-46-40(43)33-29-25-22-18-15-16-20-23-27-31-37(3)4/h37-38H,5-36H2,1-4H3/t38-/m0/s1.